The quantitative estimate of drug-likeness (QED) is 0.536. The van der Waals surface area contributed by atoms with E-state index in [1.54, 1.807) is 0 Å². The molecular formula is C9H19ClO2Si. The zero-order chi connectivity index (χ0) is 10.7. The Morgan fingerprint density at radius 1 is 1.23 bits per heavy atom. The molecule has 0 aliphatic rings. The molecule has 0 aliphatic heterocycles. The Morgan fingerprint density at radius 2 is 1.69 bits per heavy atom. The minimum Gasteiger partial charge on any atom is -0.519 e. The lowest BCUT2D eigenvalue weighted by atomic mass is 10.2. The molecule has 0 saturated heterocycles. The SMILES string of the molecule is CC(C)(C)O/C(=C\Cl)O[Si](C)(C)C. The van der Waals surface area contributed by atoms with Crippen LogP contribution >= 0.6 is 11.6 Å². The van der Waals surface area contributed by atoms with Gasteiger partial charge in [0.2, 0.25) is 8.32 Å². The Balaban J connectivity index is 4.24. The van der Waals surface area contributed by atoms with E-state index in [-0.39, 0.29) is 5.60 Å². The summed E-state index contributed by atoms with van der Waals surface area (Å²) in [6.45, 7) is 12.1. The van der Waals surface area contributed by atoms with Crippen molar-refractivity contribution in [1.29, 1.82) is 0 Å². The highest BCUT2D eigenvalue weighted by Gasteiger charge is 2.21. The summed E-state index contributed by atoms with van der Waals surface area (Å²) in [4.78, 5) is 0. The van der Waals surface area contributed by atoms with Gasteiger partial charge in [-0.15, -0.1) is 0 Å². The van der Waals surface area contributed by atoms with Crippen LogP contribution in [0, 0.1) is 0 Å². The van der Waals surface area contributed by atoms with E-state index < -0.39 is 8.32 Å². The van der Waals surface area contributed by atoms with Gasteiger partial charge in [-0.2, -0.15) is 0 Å². The van der Waals surface area contributed by atoms with Crippen molar-refractivity contribution in [2.45, 2.75) is 46.0 Å². The van der Waals surface area contributed by atoms with Crippen molar-refractivity contribution in [3.8, 4) is 0 Å². The Bertz CT molecular complexity index is 171. The number of halogens is 1. The molecule has 0 heterocycles. The molecule has 78 valence electrons. The van der Waals surface area contributed by atoms with Gasteiger partial charge in [0.05, 0.1) is 5.54 Å². The fraction of sp³-hybridized carbons (Fsp3) is 0.778. The molecule has 13 heavy (non-hydrogen) atoms. The molecular weight excluding hydrogens is 204 g/mol. The van der Waals surface area contributed by atoms with Crippen molar-refractivity contribution in [2.75, 3.05) is 0 Å². The Kier molecular flexibility index (Phi) is 4.32. The van der Waals surface area contributed by atoms with Gasteiger partial charge in [0.1, 0.15) is 5.60 Å². The van der Waals surface area contributed by atoms with Gasteiger partial charge in [0.25, 0.3) is 5.95 Å². The maximum atomic E-state index is 5.61. The van der Waals surface area contributed by atoms with Crippen molar-refractivity contribution < 1.29 is 9.16 Å². The predicted molar refractivity (Wildman–Crippen MR) is 59.2 cm³/mol. The number of hydrogen-bond acceptors (Lipinski definition) is 2. The highest BCUT2D eigenvalue weighted by atomic mass is 35.5. The number of rotatable bonds is 3. The maximum Gasteiger partial charge on any atom is 0.277 e. The Morgan fingerprint density at radius 3 is 1.92 bits per heavy atom. The standard InChI is InChI=1S/C9H19ClO2Si/c1-9(2,3)11-8(7-10)12-13(4,5)6/h7H,1-6H3/b8-7+. The highest BCUT2D eigenvalue weighted by molar-refractivity contribution is 6.70. The van der Waals surface area contributed by atoms with Crippen LogP contribution in [0.4, 0.5) is 0 Å². The molecule has 0 N–H and O–H groups in total. The molecule has 0 aromatic rings. The molecule has 0 aromatic heterocycles. The van der Waals surface area contributed by atoms with Gasteiger partial charge in [-0.25, -0.2) is 0 Å². The van der Waals surface area contributed by atoms with Crippen LogP contribution in [0.25, 0.3) is 0 Å². The molecule has 0 aliphatic carbocycles. The number of hydrogen-bond donors (Lipinski definition) is 0. The summed E-state index contributed by atoms with van der Waals surface area (Å²) in [6.07, 6.45) is 0. The molecule has 0 fully saturated rings. The smallest absolute Gasteiger partial charge is 0.277 e. The third-order valence-corrected chi connectivity index (χ3v) is 1.89. The third-order valence-electron chi connectivity index (χ3n) is 0.903. The van der Waals surface area contributed by atoms with Crippen molar-refractivity contribution in [3.63, 3.8) is 0 Å². The van der Waals surface area contributed by atoms with Crippen molar-refractivity contribution >= 4 is 19.9 Å². The minimum absolute atomic E-state index is 0.264. The summed E-state index contributed by atoms with van der Waals surface area (Å²) in [6, 6.07) is 0. The average molecular weight is 223 g/mol. The molecule has 0 saturated carbocycles. The highest BCUT2D eigenvalue weighted by Crippen LogP contribution is 2.19. The first-order valence-corrected chi connectivity index (χ1v) is 8.17. The summed E-state index contributed by atoms with van der Waals surface area (Å²) >= 11 is 5.59. The van der Waals surface area contributed by atoms with E-state index >= 15 is 0 Å². The number of ether oxygens (including phenoxy) is 1. The Hall–Kier alpha value is -0.153. The fourth-order valence-corrected chi connectivity index (χ4v) is 1.54. The maximum absolute atomic E-state index is 5.61. The van der Waals surface area contributed by atoms with Gasteiger partial charge in [0.15, 0.2) is 0 Å². The molecule has 0 aromatic carbocycles. The second-order valence-electron chi connectivity index (χ2n) is 4.86. The predicted octanol–water partition coefficient (Wildman–Crippen LogP) is 3.69. The fourth-order valence-electron chi connectivity index (χ4n) is 0.669. The lowest BCUT2D eigenvalue weighted by Crippen LogP contribution is -2.29. The lowest BCUT2D eigenvalue weighted by Gasteiger charge is -2.27. The minimum atomic E-state index is -1.62. The normalized spacial score (nSPS) is 14.2. The molecule has 2 nitrogen and oxygen atoms in total. The van der Waals surface area contributed by atoms with Crippen LogP contribution in [0.1, 0.15) is 20.8 Å². The summed E-state index contributed by atoms with van der Waals surface area (Å²) in [5, 5.41) is 0. The van der Waals surface area contributed by atoms with E-state index in [1.807, 2.05) is 20.8 Å². The lowest BCUT2D eigenvalue weighted by molar-refractivity contribution is -0.00754. The molecule has 0 bridgehead atoms. The van der Waals surface area contributed by atoms with Gasteiger partial charge in [-0.05, 0) is 40.4 Å². The summed E-state index contributed by atoms with van der Waals surface area (Å²) in [5.41, 5.74) is 1.09. The van der Waals surface area contributed by atoms with Gasteiger partial charge in [0, 0.05) is 0 Å². The van der Waals surface area contributed by atoms with E-state index in [4.69, 9.17) is 20.8 Å². The second kappa shape index (κ2) is 4.38. The molecule has 0 atom stereocenters. The van der Waals surface area contributed by atoms with Crippen molar-refractivity contribution in [3.05, 3.63) is 11.5 Å². The van der Waals surface area contributed by atoms with Crippen LogP contribution in [0.5, 0.6) is 0 Å². The van der Waals surface area contributed by atoms with Gasteiger partial charge < -0.3 is 9.16 Å². The van der Waals surface area contributed by atoms with Crippen LogP contribution in [-0.4, -0.2) is 13.9 Å². The first kappa shape index (κ1) is 12.8. The van der Waals surface area contributed by atoms with Gasteiger partial charge in [-0.3, -0.25) is 0 Å². The molecule has 0 rings (SSSR count). The molecule has 0 radical (unpaired) electrons. The van der Waals surface area contributed by atoms with E-state index in [9.17, 15) is 0 Å². The summed E-state index contributed by atoms with van der Waals surface area (Å²) in [5.74, 6) is 0.424. The second-order valence-corrected chi connectivity index (χ2v) is 9.50. The zero-order valence-corrected chi connectivity index (χ0v) is 11.0. The van der Waals surface area contributed by atoms with Crippen molar-refractivity contribution in [1.82, 2.24) is 0 Å². The molecule has 0 amide bonds. The van der Waals surface area contributed by atoms with Gasteiger partial charge >= 0.3 is 0 Å². The molecule has 0 spiro atoms. The topological polar surface area (TPSA) is 18.5 Å². The van der Waals surface area contributed by atoms with E-state index in [2.05, 4.69) is 19.6 Å². The Labute approximate surface area is 87.0 Å². The molecule has 0 unspecified atom stereocenters. The first-order valence-electron chi connectivity index (χ1n) is 4.32. The average Bonchev–Trinajstić information content (AvgIpc) is 1.79. The molecule has 4 heteroatoms. The van der Waals surface area contributed by atoms with E-state index in [0.29, 0.717) is 5.95 Å². The van der Waals surface area contributed by atoms with Crippen LogP contribution in [-0.2, 0) is 9.16 Å². The third kappa shape index (κ3) is 8.18. The first-order chi connectivity index (χ1) is 5.64. The monoisotopic (exact) mass is 222 g/mol. The van der Waals surface area contributed by atoms with Crippen LogP contribution in [0.15, 0.2) is 11.5 Å². The summed E-state index contributed by atoms with van der Waals surface area (Å²) in [7, 11) is -1.62. The van der Waals surface area contributed by atoms with Crippen molar-refractivity contribution in [2.24, 2.45) is 0 Å². The zero-order valence-electron chi connectivity index (χ0n) is 9.27. The van der Waals surface area contributed by atoms with Gasteiger partial charge in [-0.1, -0.05) is 11.6 Å². The largest absolute Gasteiger partial charge is 0.519 e. The van der Waals surface area contributed by atoms with Crippen LogP contribution < -0.4 is 0 Å². The van der Waals surface area contributed by atoms with Crippen LogP contribution in [0.3, 0.4) is 0 Å². The summed E-state index contributed by atoms with van der Waals surface area (Å²) < 4.78 is 11.1. The van der Waals surface area contributed by atoms with Crippen LogP contribution in [0.2, 0.25) is 19.6 Å². The van der Waals surface area contributed by atoms with E-state index in [0.717, 1.165) is 0 Å². The van der Waals surface area contributed by atoms with E-state index in [1.165, 1.54) is 5.54 Å².